The van der Waals surface area contributed by atoms with Crippen LogP contribution in [-0.2, 0) is 11.2 Å². The number of aryl methyl sites for hydroxylation is 1. The van der Waals surface area contributed by atoms with Crippen molar-refractivity contribution in [2.45, 2.75) is 52.5 Å². The van der Waals surface area contributed by atoms with Gasteiger partial charge in [0.2, 0.25) is 0 Å². The van der Waals surface area contributed by atoms with Crippen molar-refractivity contribution in [3.63, 3.8) is 0 Å². The maximum atomic E-state index is 5.57. The lowest BCUT2D eigenvalue weighted by molar-refractivity contribution is 0.00395. The highest BCUT2D eigenvalue weighted by atomic mass is 127. The smallest absolute Gasteiger partial charge is 0.191 e. The molecule has 1 unspecified atom stereocenters. The van der Waals surface area contributed by atoms with Crippen LogP contribution in [0.5, 0.6) is 0 Å². The summed E-state index contributed by atoms with van der Waals surface area (Å²) < 4.78 is 7.63. The first-order chi connectivity index (χ1) is 15.3. The largest absolute Gasteiger partial charge is 0.379 e. The van der Waals surface area contributed by atoms with Crippen molar-refractivity contribution in [1.82, 2.24) is 30.1 Å². The van der Waals surface area contributed by atoms with Crippen molar-refractivity contribution in [2.24, 2.45) is 10.9 Å². The van der Waals surface area contributed by atoms with Gasteiger partial charge in [0.25, 0.3) is 0 Å². The molecule has 180 valence electrons. The van der Waals surface area contributed by atoms with Crippen molar-refractivity contribution < 1.29 is 4.74 Å². The van der Waals surface area contributed by atoms with E-state index < -0.39 is 0 Å². The van der Waals surface area contributed by atoms with E-state index in [0.29, 0.717) is 12.0 Å². The molecule has 2 aromatic heterocycles. The second kappa shape index (κ2) is 14.6. The van der Waals surface area contributed by atoms with E-state index in [1.807, 2.05) is 24.4 Å². The fraction of sp³-hybridized carbons (Fsp3) is 0.696. The van der Waals surface area contributed by atoms with Crippen LogP contribution in [0.2, 0.25) is 0 Å². The quantitative estimate of drug-likeness (QED) is 0.192. The van der Waals surface area contributed by atoms with Gasteiger partial charge in [0, 0.05) is 44.8 Å². The van der Waals surface area contributed by atoms with Crippen LogP contribution in [0.25, 0.3) is 5.65 Å². The Labute approximate surface area is 209 Å². The summed E-state index contributed by atoms with van der Waals surface area (Å²) in [6, 6.07) is 6.45. The minimum Gasteiger partial charge on any atom is -0.379 e. The monoisotopic (exact) mass is 557 g/mol. The molecule has 1 saturated heterocycles. The van der Waals surface area contributed by atoms with Crippen LogP contribution in [0, 0.1) is 5.92 Å². The first kappa shape index (κ1) is 26.8. The standard InChI is InChI=1S/C23H39N7O.HI/c1-4-19(5-2)20(29-14-16-31-17-15-29)18-26-23(24-6-3)25-12-9-11-22-28-27-21-10-7-8-13-30(21)22;/h7-8,10,13,19-20H,4-6,9,11-12,14-18H2,1-3H3,(H2,24,25,26);1H. The fourth-order valence-electron chi connectivity index (χ4n) is 4.35. The van der Waals surface area contributed by atoms with Crippen molar-refractivity contribution in [1.29, 1.82) is 0 Å². The lowest BCUT2D eigenvalue weighted by Crippen LogP contribution is -2.49. The van der Waals surface area contributed by atoms with E-state index in [9.17, 15) is 0 Å². The summed E-state index contributed by atoms with van der Waals surface area (Å²) in [4.78, 5) is 7.54. The van der Waals surface area contributed by atoms with Crippen LogP contribution in [0.15, 0.2) is 29.4 Å². The molecule has 32 heavy (non-hydrogen) atoms. The summed E-state index contributed by atoms with van der Waals surface area (Å²) in [6.45, 7) is 12.9. The number of halogens is 1. The zero-order valence-corrected chi connectivity index (χ0v) is 22.1. The summed E-state index contributed by atoms with van der Waals surface area (Å²) in [5.41, 5.74) is 0.899. The molecule has 0 bridgehead atoms. The third kappa shape index (κ3) is 7.55. The van der Waals surface area contributed by atoms with Crippen LogP contribution in [0.1, 0.15) is 45.9 Å². The number of ether oxygens (including phenoxy) is 1. The molecule has 0 saturated carbocycles. The number of hydrogen-bond donors (Lipinski definition) is 2. The van der Waals surface area contributed by atoms with E-state index in [2.05, 4.69) is 50.9 Å². The van der Waals surface area contributed by atoms with Crippen molar-refractivity contribution in [3.05, 3.63) is 30.2 Å². The summed E-state index contributed by atoms with van der Waals surface area (Å²) in [5.74, 6) is 2.56. The molecule has 8 nitrogen and oxygen atoms in total. The van der Waals surface area contributed by atoms with E-state index in [1.54, 1.807) is 0 Å². The first-order valence-corrected chi connectivity index (χ1v) is 11.9. The van der Waals surface area contributed by atoms with E-state index in [0.717, 1.165) is 76.2 Å². The SMILES string of the molecule is CCNC(=NCC(C(CC)CC)N1CCOCC1)NCCCc1nnc2ccccn12.I. The topological polar surface area (TPSA) is 79.1 Å². The maximum absolute atomic E-state index is 5.57. The fourth-order valence-corrected chi connectivity index (χ4v) is 4.35. The zero-order chi connectivity index (χ0) is 21.9. The molecule has 0 spiro atoms. The lowest BCUT2D eigenvalue weighted by Gasteiger charge is -2.38. The Morgan fingerprint density at radius 3 is 2.62 bits per heavy atom. The van der Waals surface area contributed by atoms with E-state index in [-0.39, 0.29) is 24.0 Å². The highest BCUT2D eigenvalue weighted by Gasteiger charge is 2.26. The zero-order valence-electron chi connectivity index (χ0n) is 19.8. The molecule has 3 rings (SSSR count). The van der Waals surface area contributed by atoms with Gasteiger partial charge < -0.3 is 15.4 Å². The van der Waals surface area contributed by atoms with Crippen LogP contribution < -0.4 is 10.6 Å². The van der Waals surface area contributed by atoms with Crippen LogP contribution in [-0.4, -0.2) is 77.4 Å². The van der Waals surface area contributed by atoms with Crippen LogP contribution >= 0.6 is 24.0 Å². The molecule has 1 aliphatic heterocycles. The van der Waals surface area contributed by atoms with Gasteiger partial charge in [-0.25, -0.2) is 0 Å². The number of aromatic nitrogens is 3. The number of fused-ring (bicyclic) bond motifs is 1. The second-order valence-corrected chi connectivity index (χ2v) is 8.09. The highest BCUT2D eigenvalue weighted by Crippen LogP contribution is 2.20. The van der Waals surface area contributed by atoms with Crippen molar-refractivity contribution in [2.75, 3.05) is 45.9 Å². The van der Waals surface area contributed by atoms with E-state index >= 15 is 0 Å². The Bertz CT molecular complexity index is 802. The number of nitrogens with one attached hydrogen (secondary N) is 2. The second-order valence-electron chi connectivity index (χ2n) is 8.09. The molecule has 1 atom stereocenters. The number of pyridine rings is 1. The van der Waals surface area contributed by atoms with Gasteiger partial charge in [-0.1, -0.05) is 32.8 Å². The third-order valence-electron chi connectivity index (χ3n) is 6.14. The van der Waals surface area contributed by atoms with Gasteiger partial charge >= 0.3 is 0 Å². The maximum Gasteiger partial charge on any atom is 0.191 e. The highest BCUT2D eigenvalue weighted by molar-refractivity contribution is 14.0. The predicted molar refractivity (Wildman–Crippen MR) is 141 cm³/mol. The number of rotatable bonds is 11. The first-order valence-electron chi connectivity index (χ1n) is 11.9. The Kier molecular flexibility index (Phi) is 12.3. The van der Waals surface area contributed by atoms with Gasteiger partial charge in [0.15, 0.2) is 11.6 Å². The number of guanidine groups is 1. The summed E-state index contributed by atoms with van der Waals surface area (Å²) in [5, 5.41) is 15.5. The molecule has 0 amide bonds. The Morgan fingerprint density at radius 2 is 1.91 bits per heavy atom. The molecule has 0 aliphatic carbocycles. The molecule has 9 heteroatoms. The lowest BCUT2D eigenvalue weighted by atomic mass is 9.92. The average Bonchev–Trinajstić information content (AvgIpc) is 3.23. The normalized spacial score (nSPS) is 16.2. The molecule has 2 N–H and O–H groups in total. The van der Waals surface area contributed by atoms with Gasteiger partial charge in [-0.2, -0.15) is 0 Å². The van der Waals surface area contributed by atoms with Gasteiger partial charge in [-0.05, 0) is 31.4 Å². The van der Waals surface area contributed by atoms with E-state index in [4.69, 9.17) is 9.73 Å². The number of aliphatic imine (C=N–C) groups is 1. The summed E-state index contributed by atoms with van der Waals surface area (Å²) in [7, 11) is 0. The minimum absolute atomic E-state index is 0. The number of nitrogens with zero attached hydrogens (tertiary/aromatic N) is 5. The van der Waals surface area contributed by atoms with Gasteiger partial charge in [-0.3, -0.25) is 14.3 Å². The number of hydrogen-bond acceptors (Lipinski definition) is 5. The predicted octanol–water partition coefficient (Wildman–Crippen LogP) is 2.97. The average molecular weight is 558 g/mol. The van der Waals surface area contributed by atoms with Crippen LogP contribution in [0.4, 0.5) is 0 Å². The number of morpholine rings is 1. The molecule has 1 fully saturated rings. The van der Waals surface area contributed by atoms with Crippen molar-refractivity contribution >= 4 is 35.6 Å². The molecule has 2 aromatic rings. The molecular weight excluding hydrogens is 517 g/mol. The molecular formula is C23H40IN7O. The van der Waals surface area contributed by atoms with E-state index in [1.165, 1.54) is 12.8 Å². The Hall–Kier alpha value is -1.46. The minimum atomic E-state index is 0. The van der Waals surface area contributed by atoms with Gasteiger partial charge in [0.1, 0.15) is 5.82 Å². The van der Waals surface area contributed by atoms with Crippen LogP contribution in [0.3, 0.4) is 0 Å². The third-order valence-corrected chi connectivity index (χ3v) is 6.14. The molecule has 0 radical (unpaired) electrons. The van der Waals surface area contributed by atoms with Gasteiger partial charge in [0.05, 0.1) is 19.8 Å². The summed E-state index contributed by atoms with van der Waals surface area (Å²) >= 11 is 0. The molecule has 1 aliphatic rings. The molecule has 3 heterocycles. The summed E-state index contributed by atoms with van der Waals surface area (Å²) in [6.07, 6.45) is 6.24. The van der Waals surface area contributed by atoms with Gasteiger partial charge in [-0.15, -0.1) is 34.2 Å². The Balaban J connectivity index is 0.00000363. The Morgan fingerprint density at radius 1 is 1.12 bits per heavy atom. The molecule has 0 aromatic carbocycles. The van der Waals surface area contributed by atoms with Crippen molar-refractivity contribution in [3.8, 4) is 0 Å².